The normalized spacial score (nSPS) is 24.3. The van der Waals surface area contributed by atoms with Gasteiger partial charge >= 0.3 is 0 Å². The molecule has 0 saturated heterocycles. The van der Waals surface area contributed by atoms with E-state index >= 15 is 0 Å². The summed E-state index contributed by atoms with van der Waals surface area (Å²) >= 11 is 6.05. The van der Waals surface area contributed by atoms with Gasteiger partial charge in [-0.3, -0.25) is 9.59 Å². The summed E-state index contributed by atoms with van der Waals surface area (Å²) in [5.41, 5.74) is 1.42. The maximum absolute atomic E-state index is 13.9. The van der Waals surface area contributed by atoms with Gasteiger partial charge in [-0.15, -0.1) is 0 Å². The second kappa shape index (κ2) is 9.57. The Morgan fingerprint density at radius 1 is 1.09 bits per heavy atom. The first-order valence-corrected chi connectivity index (χ1v) is 12.8. The zero-order valence-electron chi connectivity index (χ0n) is 20.3. The summed E-state index contributed by atoms with van der Waals surface area (Å²) in [6.45, 7) is 4.96. The van der Waals surface area contributed by atoms with Gasteiger partial charge in [0.1, 0.15) is 17.0 Å². The van der Waals surface area contributed by atoms with Crippen LogP contribution in [0.3, 0.4) is 0 Å². The molecule has 5 rings (SSSR count). The van der Waals surface area contributed by atoms with Gasteiger partial charge in [-0.25, -0.2) is 0 Å². The molecule has 7 heteroatoms. The number of hydrogen-bond donors (Lipinski definition) is 1. The molecule has 1 aliphatic heterocycles. The molecule has 35 heavy (non-hydrogen) atoms. The number of carbonyl (C=O) groups is 2. The van der Waals surface area contributed by atoms with E-state index in [1.807, 2.05) is 60.0 Å². The lowest BCUT2D eigenvalue weighted by Crippen LogP contribution is -2.65. The molecule has 184 valence electrons. The number of amides is 2. The van der Waals surface area contributed by atoms with Crippen molar-refractivity contribution in [2.24, 2.45) is 5.92 Å². The van der Waals surface area contributed by atoms with Crippen molar-refractivity contribution in [3.63, 3.8) is 0 Å². The molecule has 1 aromatic carbocycles. The number of hydrogen-bond acceptors (Lipinski definition) is 3. The van der Waals surface area contributed by atoms with E-state index in [1.165, 1.54) is 0 Å². The maximum Gasteiger partial charge on any atom is 0.271 e. The number of nitrogens with zero attached hydrogens (tertiary/aromatic N) is 2. The smallest absolute Gasteiger partial charge is 0.271 e. The van der Waals surface area contributed by atoms with Crippen LogP contribution in [-0.4, -0.2) is 39.4 Å². The zero-order valence-corrected chi connectivity index (χ0v) is 21.1. The lowest BCUT2D eigenvalue weighted by Gasteiger charge is -2.45. The maximum atomic E-state index is 13.9. The molecule has 3 aromatic rings. The van der Waals surface area contributed by atoms with Gasteiger partial charge in [-0.05, 0) is 86.9 Å². The van der Waals surface area contributed by atoms with Crippen LogP contribution < -0.4 is 5.32 Å². The minimum absolute atomic E-state index is 0.0914. The van der Waals surface area contributed by atoms with Crippen LogP contribution in [0.15, 0.2) is 59.2 Å². The average Bonchev–Trinajstić information content (AvgIpc) is 3.51. The highest BCUT2D eigenvalue weighted by Crippen LogP contribution is 2.34. The fourth-order valence-corrected chi connectivity index (χ4v) is 5.53. The lowest BCUT2D eigenvalue weighted by molar-refractivity contribution is -0.133. The Morgan fingerprint density at radius 3 is 2.49 bits per heavy atom. The van der Waals surface area contributed by atoms with E-state index in [0.29, 0.717) is 41.9 Å². The first-order chi connectivity index (χ1) is 16.8. The second-order valence-corrected chi connectivity index (χ2v) is 10.6. The van der Waals surface area contributed by atoms with Crippen LogP contribution in [0, 0.1) is 5.92 Å². The van der Waals surface area contributed by atoms with Crippen molar-refractivity contribution in [3.8, 4) is 11.5 Å². The van der Waals surface area contributed by atoms with Crippen LogP contribution in [0.5, 0.6) is 0 Å². The standard InChI is InChI=1S/C28H32ClN3O3/c1-19-5-11-22(12-6-19)30-27(34)28(2)18-31-23(25-4-3-17-35-25)13-14-24(31)26(33)32(28)16-15-20-7-9-21(29)10-8-20/h3-4,7-10,13-14,17,19,22H,5-6,11-12,15-16,18H2,1-2H3,(H,30,34). The molecular formula is C28H32ClN3O3. The molecule has 2 aromatic heterocycles. The topological polar surface area (TPSA) is 67.5 Å². The molecule has 6 nitrogen and oxygen atoms in total. The summed E-state index contributed by atoms with van der Waals surface area (Å²) < 4.78 is 7.56. The molecule has 1 N–H and O–H groups in total. The Labute approximate surface area is 211 Å². The van der Waals surface area contributed by atoms with Crippen LogP contribution in [0.2, 0.25) is 5.02 Å². The first kappa shape index (κ1) is 23.7. The van der Waals surface area contributed by atoms with Gasteiger partial charge in [0.15, 0.2) is 0 Å². The van der Waals surface area contributed by atoms with Crippen molar-refractivity contribution in [3.05, 3.63) is 71.1 Å². The minimum atomic E-state index is -1.03. The van der Waals surface area contributed by atoms with Crippen LogP contribution >= 0.6 is 11.6 Å². The number of aromatic nitrogens is 1. The Balaban J connectivity index is 1.45. The highest BCUT2D eigenvalue weighted by atomic mass is 35.5. The van der Waals surface area contributed by atoms with E-state index in [0.717, 1.165) is 36.9 Å². The third-order valence-electron chi connectivity index (χ3n) is 7.66. The van der Waals surface area contributed by atoms with E-state index in [4.69, 9.17) is 16.0 Å². The number of carbonyl (C=O) groups excluding carboxylic acids is 2. The molecular weight excluding hydrogens is 462 g/mol. The highest BCUT2D eigenvalue weighted by molar-refractivity contribution is 6.30. The van der Waals surface area contributed by atoms with Crippen molar-refractivity contribution in [1.29, 1.82) is 0 Å². The van der Waals surface area contributed by atoms with E-state index < -0.39 is 5.54 Å². The van der Waals surface area contributed by atoms with Crippen LogP contribution in [0.4, 0.5) is 0 Å². The number of nitrogens with one attached hydrogen (secondary N) is 1. The van der Waals surface area contributed by atoms with Crippen LogP contribution in [-0.2, 0) is 17.8 Å². The molecule has 1 atom stereocenters. The van der Waals surface area contributed by atoms with E-state index in [9.17, 15) is 9.59 Å². The van der Waals surface area contributed by atoms with Crippen molar-refractivity contribution in [2.45, 2.75) is 64.1 Å². The monoisotopic (exact) mass is 493 g/mol. The molecule has 2 amide bonds. The van der Waals surface area contributed by atoms with Crippen LogP contribution in [0.25, 0.3) is 11.5 Å². The van der Waals surface area contributed by atoms with E-state index in [-0.39, 0.29) is 17.9 Å². The van der Waals surface area contributed by atoms with E-state index in [2.05, 4.69) is 12.2 Å². The lowest BCUT2D eigenvalue weighted by atomic mass is 9.86. The predicted molar refractivity (Wildman–Crippen MR) is 136 cm³/mol. The summed E-state index contributed by atoms with van der Waals surface area (Å²) in [6, 6.07) is 15.2. The summed E-state index contributed by atoms with van der Waals surface area (Å²) in [6.07, 6.45) is 6.45. The van der Waals surface area contributed by atoms with Gasteiger partial charge in [-0.1, -0.05) is 30.7 Å². The Kier molecular flexibility index (Phi) is 6.49. The summed E-state index contributed by atoms with van der Waals surface area (Å²) in [4.78, 5) is 29.4. The molecule has 1 saturated carbocycles. The number of benzene rings is 1. The molecule has 0 radical (unpaired) electrons. The number of furan rings is 1. The number of halogens is 1. The second-order valence-electron chi connectivity index (χ2n) is 10.2. The molecule has 1 aliphatic carbocycles. The Hall–Kier alpha value is -2.99. The summed E-state index contributed by atoms with van der Waals surface area (Å²) in [5, 5.41) is 3.97. The molecule has 1 fully saturated rings. The van der Waals surface area contributed by atoms with Gasteiger partial charge in [0.25, 0.3) is 5.91 Å². The predicted octanol–water partition coefficient (Wildman–Crippen LogP) is 5.55. The Morgan fingerprint density at radius 2 is 1.80 bits per heavy atom. The highest BCUT2D eigenvalue weighted by Gasteiger charge is 2.48. The molecule has 2 aliphatic rings. The molecule has 3 heterocycles. The van der Waals surface area contributed by atoms with Gasteiger partial charge in [0.2, 0.25) is 5.91 Å². The van der Waals surface area contributed by atoms with Crippen molar-refractivity contribution < 1.29 is 14.0 Å². The SMILES string of the molecule is CC1CCC(NC(=O)C2(C)Cn3c(ccc3-c3ccco3)C(=O)N2CCc2ccc(Cl)cc2)CC1. The quantitative estimate of drug-likeness (QED) is 0.489. The minimum Gasteiger partial charge on any atom is -0.463 e. The van der Waals surface area contributed by atoms with Gasteiger partial charge < -0.3 is 19.2 Å². The van der Waals surface area contributed by atoms with E-state index in [1.54, 1.807) is 11.2 Å². The van der Waals surface area contributed by atoms with Crippen LogP contribution in [0.1, 0.15) is 55.6 Å². The van der Waals surface area contributed by atoms with Gasteiger partial charge in [-0.2, -0.15) is 0 Å². The summed E-state index contributed by atoms with van der Waals surface area (Å²) in [5.74, 6) is 1.15. The first-order valence-electron chi connectivity index (χ1n) is 12.5. The number of rotatable bonds is 6. The number of fused-ring (bicyclic) bond motifs is 1. The summed E-state index contributed by atoms with van der Waals surface area (Å²) in [7, 11) is 0. The molecule has 0 bridgehead atoms. The van der Waals surface area contributed by atoms with Gasteiger partial charge in [0.05, 0.1) is 18.5 Å². The molecule has 1 unspecified atom stereocenters. The van der Waals surface area contributed by atoms with Crippen molar-refractivity contribution in [1.82, 2.24) is 14.8 Å². The third kappa shape index (κ3) is 4.64. The fraction of sp³-hybridized carbons (Fsp3) is 0.429. The average molecular weight is 494 g/mol. The zero-order chi connectivity index (χ0) is 24.6. The van der Waals surface area contributed by atoms with Crippen molar-refractivity contribution >= 4 is 23.4 Å². The largest absolute Gasteiger partial charge is 0.463 e. The third-order valence-corrected chi connectivity index (χ3v) is 7.91. The molecule has 0 spiro atoms. The fourth-order valence-electron chi connectivity index (χ4n) is 5.40. The van der Waals surface area contributed by atoms with Gasteiger partial charge in [0, 0.05) is 17.6 Å². The Bertz CT molecular complexity index is 1190. The van der Waals surface area contributed by atoms with Crippen molar-refractivity contribution in [2.75, 3.05) is 6.54 Å².